The molecule has 98 valence electrons. The second-order valence-electron chi connectivity index (χ2n) is 6.67. The molecule has 0 aromatic carbocycles. The van der Waals surface area contributed by atoms with Crippen LogP contribution in [0.1, 0.15) is 65.2 Å². The highest BCUT2D eigenvalue weighted by molar-refractivity contribution is 5.15. The van der Waals surface area contributed by atoms with Crippen LogP contribution in [0.2, 0.25) is 0 Å². The lowest BCUT2D eigenvalue weighted by atomic mass is 9.69. The van der Waals surface area contributed by atoms with E-state index < -0.39 is 0 Å². The average molecular weight is 236 g/mol. The first kappa shape index (κ1) is 13.1. The van der Waals surface area contributed by atoms with Gasteiger partial charge in [0.1, 0.15) is 0 Å². The van der Waals surface area contributed by atoms with Gasteiger partial charge in [-0.3, -0.25) is 11.3 Å². The molecule has 1 atom stereocenters. The van der Waals surface area contributed by atoms with Crippen molar-refractivity contribution >= 4 is 0 Å². The summed E-state index contributed by atoms with van der Waals surface area (Å²) in [6.45, 7) is 4.79. The topological polar surface area (TPSA) is 38.0 Å². The van der Waals surface area contributed by atoms with Gasteiger partial charge in [0.15, 0.2) is 0 Å². The van der Waals surface area contributed by atoms with Gasteiger partial charge in [-0.1, -0.05) is 25.5 Å². The number of hydrogen-bond acceptors (Lipinski definition) is 2. The molecule has 0 aromatic rings. The number of hydrazine groups is 1. The van der Waals surface area contributed by atoms with E-state index in [0.29, 0.717) is 11.5 Å². The second kappa shape index (κ2) is 5.53. The standard InChI is InChI=1S/C15H28N2/c1-15(2)10-8-13(9-11-15)14(17-16)12-6-4-3-5-7-12/h6,13-14,17H,3-5,7-11,16H2,1-2H3. The molecular formula is C15H28N2. The van der Waals surface area contributed by atoms with Crippen LogP contribution in [0.4, 0.5) is 0 Å². The molecule has 3 N–H and O–H groups in total. The van der Waals surface area contributed by atoms with E-state index in [4.69, 9.17) is 5.84 Å². The fourth-order valence-electron chi connectivity index (χ4n) is 3.45. The lowest BCUT2D eigenvalue weighted by molar-refractivity contribution is 0.169. The summed E-state index contributed by atoms with van der Waals surface area (Å²) in [7, 11) is 0. The molecule has 1 unspecified atom stereocenters. The van der Waals surface area contributed by atoms with Crippen molar-refractivity contribution in [1.29, 1.82) is 0 Å². The van der Waals surface area contributed by atoms with Gasteiger partial charge in [0.2, 0.25) is 0 Å². The Morgan fingerprint density at radius 3 is 2.53 bits per heavy atom. The minimum atomic E-state index is 0.450. The van der Waals surface area contributed by atoms with Crippen molar-refractivity contribution in [3.63, 3.8) is 0 Å². The molecule has 2 aliphatic carbocycles. The Bertz CT molecular complexity index is 271. The molecule has 0 aromatic heterocycles. The predicted octanol–water partition coefficient (Wildman–Crippen LogP) is 3.54. The van der Waals surface area contributed by atoms with E-state index in [0.717, 1.165) is 5.92 Å². The van der Waals surface area contributed by atoms with E-state index in [1.807, 2.05) is 0 Å². The lowest BCUT2D eigenvalue weighted by Crippen LogP contribution is -2.44. The number of nitrogens with one attached hydrogen (secondary N) is 1. The van der Waals surface area contributed by atoms with Crippen molar-refractivity contribution in [2.45, 2.75) is 71.3 Å². The first-order chi connectivity index (χ1) is 8.12. The molecule has 2 heteroatoms. The van der Waals surface area contributed by atoms with Crippen LogP contribution < -0.4 is 11.3 Å². The minimum absolute atomic E-state index is 0.450. The zero-order chi connectivity index (χ0) is 12.3. The lowest BCUT2D eigenvalue weighted by Gasteiger charge is -2.39. The van der Waals surface area contributed by atoms with Gasteiger partial charge in [-0.05, 0) is 62.7 Å². The second-order valence-corrected chi connectivity index (χ2v) is 6.67. The highest BCUT2D eigenvalue weighted by Crippen LogP contribution is 2.41. The van der Waals surface area contributed by atoms with Crippen LogP contribution >= 0.6 is 0 Å². The Morgan fingerprint density at radius 2 is 2.00 bits per heavy atom. The van der Waals surface area contributed by atoms with Gasteiger partial charge >= 0.3 is 0 Å². The van der Waals surface area contributed by atoms with Gasteiger partial charge in [-0.2, -0.15) is 0 Å². The Kier molecular flexibility index (Phi) is 4.26. The Balaban J connectivity index is 1.97. The summed E-state index contributed by atoms with van der Waals surface area (Å²) >= 11 is 0. The van der Waals surface area contributed by atoms with Crippen LogP contribution in [-0.2, 0) is 0 Å². The monoisotopic (exact) mass is 236 g/mol. The van der Waals surface area contributed by atoms with Crippen molar-refractivity contribution in [1.82, 2.24) is 5.43 Å². The van der Waals surface area contributed by atoms with Gasteiger partial charge in [0.05, 0.1) is 0 Å². The molecule has 0 heterocycles. The molecule has 1 saturated carbocycles. The van der Waals surface area contributed by atoms with E-state index in [1.165, 1.54) is 51.4 Å². The Labute approximate surface area is 106 Å². The molecule has 0 aliphatic heterocycles. The molecule has 0 spiro atoms. The third-order valence-electron chi connectivity index (χ3n) is 4.76. The Hall–Kier alpha value is -0.340. The molecule has 17 heavy (non-hydrogen) atoms. The number of allylic oxidation sites excluding steroid dienone is 1. The van der Waals surface area contributed by atoms with Crippen LogP contribution in [0, 0.1) is 11.3 Å². The summed E-state index contributed by atoms with van der Waals surface area (Å²) in [6, 6.07) is 0.450. The van der Waals surface area contributed by atoms with E-state index >= 15 is 0 Å². The molecule has 2 nitrogen and oxygen atoms in total. The van der Waals surface area contributed by atoms with Crippen molar-refractivity contribution < 1.29 is 0 Å². The van der Waals surface area contributed by atoms with Crippen molar-refractivity contribution in [2.24, 2.45) is 17.2 Å². The SMILES string of the molecule is CC1(C)CCC(C(NN)C2=CCCCC2)CC1. The zero-order valence-corrected chi connectivity index (χ0v) is 11.5. The van der Waals surface area contributed by atoms with E-state index in [9.17, 15) is 0 Å². The summed E-state index contributed by atoms with van der Waals surface area (Å²) in [4.78, 5) is 0. The quantitative estimate of drug-likeness (QED) is 0.447. The molecule has 1 fully saturated rings. The maximum Gasteiger partial charge on any atom is 0.0448 e. The first-order valence-corrected chi connectivity index (χ1v) is 7.27. The summed E-state index contributed by atoms with van der Waals surface area (Å²) < 4.78 is 0. The van der Waals surface area contributed by atoms with Gasteiger partial charge in [0.25, 0.3) is 0 Å². The summed E-state index contributed by atoms with van der Waals surface area (Å²) in [6.07, 6.45) is 13.0. The predicted molar refractivity (Wildman–Crippen MR) is 73.4 cm³/mol. The highest BCUT2D eigenvalue weighted by atomic mass is 15.2. The third kappa shape index (κ3) is 3.32. The van der Waals surface area contributed by atoms with E-state index in [1.54, 1.807) is 5.57 Å². The number of rotatable bonds is 3. The average Bonchev–Trinajstić information content (AvgIpc) is 2.33. The van der Waals surface area contributed by atoms with Gasteiger partial charge in [0, 0.05) is 6.04 Å². The van der Waals surface area contributed by atoms with Crippen LogP contribution in [0.5, 0.6) is 0 Å². The Morgan fingerprint density at radius 1 is 1.29 bits per heavy atom. The molecule has 0 amide bonds. The van der Waals surface area contributed by atoms with Crippen LogP contribution in [0.3, 0.4) is 0 Å². The van der Waals surface area contributed by atoms with Gasteiger partial charge in [-0.15, -0.1) is 0 Å². The van der Waals surface area contributed by atoms with Gasteiger partial charge < -0.3 is 0 Å². The molecular weight excluding hydrogens is 208 g/mol. The fraction of sp³-hybridized carbons (Fsp3) is 0.867. The first-order valence-electron chi connectivity index (χ1n) is 7.27. The maximum atomic E-state index is 5.81. The fourth-order valence-corrected chi connectivity index (χ4v) is 3.45. The van der Waals surface area contributed by atoms with Crippen molar-refractivity contribution in [3.05, 3.63) is 11.6 Å². The van der Waals surface area contributed by atoms with Crippen molar-refractivity contribution in [3.8, 4) is 0 Å². The normalized spacial score (nSPS) is 27.6. The summed E-state index contributed by atoms with van der Waals surface area (Å²) in [5, 5.41) is 0. The highest BCUT2D eigenvalue weighted by Gasteiger charge is 2.32. The smallest absolute Gasteiger partial charge is 0.0448 e. The molecule has 0 bridgehead atoms. The molecule has 0 saturated heterocycles. The minimum Gasteiger partial charge on any atom is -0.271 e. The summed E-state index contributed by atoms with van der Waals surface area (Å²) in [5.41, 5.74) is 5.24. The summed E-state index contributed by atoms with van der Waals surface area (Å²) in [5.74, 6) is 6.57. The number of hydrogen-bond donors (Lipinski definition) is 2. The van der Waals surface area contributed by atoms with Crippen LogP contribution in [-0.4, -0.2) is 6.04 Å². The molecule has 2 rings (SSSR count). The van der Waals surface area contributed by atoms with E-state index in [2.05, 4.69) is 25.3 Å². The van der Waals surface area contributed by atoms with E-state index in [-0.39, 0.29) is 0 Å². The number of nitrogens with two attached hydrogens (primary N) is 1. The zero-order valence-electron chi connectivity index (χ0n) is 11.5. The largest absolute Gasteiger partial charge is 0.271 e. The van der Waals surface area contributed by atoms with Gasteiger partial charge in [-0.25, -0.2) is 0 Å². The van der Waals surface area contributed by atoms with Crippen LogP contribution in [0.15, 0.2) is 11.6 Å². The van der Waals surface area contributed by atoms with Crippen molar-refractivity contribution in [2.75, 3.05) is 0 Å². The molecule has 2 aliphatic rings. The third-order valence-corrected chi connectivity index (χ3v) is 4.76. The van der Waals surface area contributed by atoms with Crippen LogP contribution in [0.25, 0.3) is 0 Å². The maximum absolute atomic E-state index is 5.81. The molecule has 0 radical (unpaired) electrons.